The molecule has 1 aromatic carbocycles. The van der Waals surface area contributed by atoms with E-state index in [0.717, 1.165) is 17.9 Å². The van der Waals surface area contributed by atoms with Gasteiger partial charge in [0, 0.05) is 26.2 Å². The Hall–Kier alpha value is -2.56. The number of aromatic nitrogens is 1. The fraction of sp³-hybridized carbons (Fsp3) is 0.200. The van der Waals surface area contributed by atoms with Gasteiger partial charge in [-0.25, -0.2) is 0 Å². The van der Waals surface area contributed by atoms with Crippen LogP contribution in [-0.2, 0) is 0 Å². The number of carbonyl (C=O) groups excluding carboxylic acids is 1. The van der Waals surface area contributed by atoms with Gasteiger partial charge in [0.2, 0.25) is 5.56 Å². The molecule has 2 heterocycles. The van der Waals surface area contributed by atoms with Crippen LogP contribution >= 0.6 is 0 Å². The van der Waals surface area contributed by atoms with E-state index >= 15 is 0 Å². The number of pyridine rings is 1. The molecule has 1 aromatic heterocycles. The first-order chi connectivity index (χ1) is 9.66. The van der Waals surface area contributed by atoms with Gasteiger partial charge >= 0.3 is 0 Å². The molecule has 2 aromatic rings. The summed E-state index contributed by atoms with van der Waals surface area (Å²) in [5.74, 6) is -0.178. The minimum absolute atomic E-state index is 0.178. The van der Waals surface area contributed by atoms with Crippen LogP contribution in [0.4, 0.5) is 11.4 Å². The van der Waals surface area contributed by atoms with Crippen LogP contribution in [0.2, 0.25) is 0 Å². The minimum atomic E-state index is -0.265. The molecule has 102 valence electrons. The smallest absolute Gasteiger partial charge is 0.274 e. The number of nitrogens with one attached hydrogen (secondary N) is 1. The molecule has 0 saturated carbocycles. The maximum Gasteiger partial charge on any atom is 0.274 e. The van der Waals surface area contributed by atoms with Crippen LogP contribution in [-0.4, -0.2) is 31.0 Å². The minimum Gasteiger partial charge on any atom is -0.371 e. The lowest BCUT2D eigenvalue weighted by atomic mass is 10.1. The molecule has 1 amide bonds. The molecule has 0 bridgehead atoms. The van der Waals surface area contributed by atoms with Crippen molar-refractivity contribution < 1.29 is 4.79 Å². The summed E-state index contributed by atoms with van der Waals surface area (Å²) in [5.41, 5.74) is 1.94. The Morgan fingerprint density at radius 3 is 2.55 bits per heavy atom. The van der Waals surface area contributed by atoms with Crippen molar-refractivity contribution in [2.75, 3.05) is 29.9 Å². The number of H-pyrrole nitrogens is 1. The number of rotatable bonds is 1. The van der Waals surface area contributed by atoms with E-state index in [4.69, 9.17) is 0 Å². The SMILES string of the molecule is CN1CCN(C(=O)c2cccc(=O)[nH]2)c2ccccc21. The molecule has 0 spiro atoms. The highest BCUT2D eigenvalue weighted by Gasteiger charge is 2.25. The monoisotopic (exact) mass is 269 g/mol. The Balaban J connectivity index is 2.01. The maximum absolute atomic E-state index is 12.6. The number of carbonyl (C=O) groups is 1. The van der Waals surface area contributed by atoms with E-state index in [1.807, 2.05) is 31.3 Å². The fourth-order valence-electron chi connectivity index (χ4n) is 2.43. The van der Waals surface area contributed by atoms with Gasteiger partial charge in [-0.2, -0.15) is 0 Å². The second kappa shape index (κ2) is 4.85. The number of aromatic amines is 1. The highest BCUT2D eigenvalue weighted by molar-refractivity contribution is 6.07. The molecule has 1 aliphatic heterocycles. The second-order valence-corrected chi connectivity index (χ2v) is 4.80. The lowest BCUT2D eigenvalue weighted by Crippen LogP contribution is -2.43. The van der Waals surface area contributed by atoms with Crippen LogP contribution in [0.1, 0.15) is 10.5 Å². The highest BCUT2D eigenvalue weighted by Crippen LogP contribution is 2.32. The fourth-order valence-corrected chi connectivity index (χ4v) is 2.43. The number of para-hydroxylation sites is 2. The zero-order chi connectivity index (χ0) is 14.1. The van der Waals surface area contributed by atoms with Crippen molar-refractivity contribution in [3.05, 3.63) is 58.5 Å². The first-order valence-corrected chi connectivity index (χ1v) is 6.48. The van der Waals surface area contributed by atoms with Gasteiger partial charge in [0.05, 0.1) is 11.4 Å². The van der Waals surface area contributed by atoms with Crippen molar-refractivity contribution >= 4 is 17.3 Å². The van der Waals surface area contributed by atoms with E-state index in [1.165, 1.54) is 6.07 Å². The topological polar surface area (TPSA) is 56.4 Å². The van der Waals surface area contributed by atoms with Crippen LogP contribution < -0.4 is 15.4 Å². The first-order valence-electron chi connectivity index (χ1n) is 6.48. The molecule has 0 aliphatic carbocycles. The van der Waals surface area contributed by atoms with Crippen LogP contribution in [0.3, 0.4) is 0 Å². The van der Waals surface area contributed by atoms with Crippen molar-refractivity contribution in [1.82, 2.24) is 4.98 Å². The number of likely N-dealkylation sites (N-methyl/N-ethyl adjacent to an activating group) is 1. The normalized spacial score (nSPS) is 14.1. The van der Waals surface area contributed by atoms with Gasteiger partial charge in [-0.05, 0) is 18.2 Å². The summed E-state index contributed by atoms with van der Waals surface area (Å²) in [5, 5.41) is 0. The molecule has 0 fully saturated rings. The van der Waals surface area contributed by atoms with E-state index in [1.54, 1.807) is 17.0 Å². The van der Waals surface area contributed by atoms with Crippen molar-refractivity contribution in [3.63, 3.8) is 0 Å². The van der Waals surface area contributed by atoms with Crippen molar-refractivity contribution in [2.45, 2.75) is 0 Å². The number of benzene rings is 1. The second-order valence-electron chi connectivity index (χ2n) is 4.80. The molecule has 0 saturated heterocycles. The highest BCUT2D eigenvalue weighted by atomic mass is 16.2. The van der Waals surface area contributed by atoms with E-state index in [-0.39, 0.29) is 11.5 Å². The van der Waals surface area contributed by atoms with Crippen molar-refractivity contribution in [3.8, 4) is 0 Å². The number of fused-ring (bicyclic) bond motifs is 1. The number of hydrogen-bond donors (Lipinski definition) is 1. The molecule has 0 atom stereocenters. The van der Waals surface area contributed by atoms with E-state index in [9.17, 15) is 9.59 Å². The predicted molar refractivity (Wildman–Crippen MR) is 78.5 cm³/mol. The molecule has 5 nitrogen and oxygen atoms in total. The van der Waals surface area contributed by atoms with Gasteiger partial charge in [-0.3, -0.25) is 9.59 Å². The predicted octanol–water partition coefficient (Wildman–Crippen LogP) is 1.47. The maximum atomic E-state index is 12.6. The van der Waals surface area contributed by atoms with Crippen molar-refractivity contribution in [1.29, 1.82) is 0 Å². The van der Waals surface area contributed by atoms with Crippen LogP contribution in [0.25, 0.3) is 0 Å². The number of hydrogen-bond acceptors (Lipinski definition) is 3. The Labute approximate surface area is 116 Å². The third kappa shape index (κ3) is 2.07. The molecule has 0 radical (unpaired) electrons. The Kier molecular flexibility index (Phi) is 3.02. The summed E-state index contributed by atoms with van der Waals surface area (Å²) in [4.78, 5) is 30.3. The first kappa shape index (κ1) is 12.5. The molecule has 1 N–H and O–H groups in total. The van der Waals surface area contributed by atoms with E-state index in [0.29, 0.717) is 12.2 Å². The third-order valence-corrected chi connectivity index (χ3v) is 3.49. The average molecular weight is 269 g/mol. The van der Waals surface area contributed by atoms with Crippen molar-refractivity contribution in [2.24, 2.45) is 0 Å². The van der Waals surface area contributed by atoms with Gasteiger partial charge in [-0.15, -0.1) is 0 Å². The van der Waals surface area contributed by atoms with Gasteiger partial charge in [0.15, 0.2) is 0 Å². The third-order valence-electron chi connectivity index (χ3n) is 3.49. The standard InChI is InChI=1S/C15H15N3O2/c1-17-9-10-18(13-7-3-2-6-12(13)17)15(20)11-5-4-8-14(19)16-11/h2-8H,9-10H2,1H3,(H,16,19). The Bertz CT molecular complexity index is 708. The van der Waals surface area contributed by atoms with Crippen LogP contribution in [0, 0.1) is 0 Å². The van der Waals surface area contributed by atoms with Gasteiger partial charge in [0.25, 0.3) is 5.91 Å². The Morgan fingerprint density at radius 1 is 1.05 bits per heavy atom. The number of anilines is 2. The zero-order valence-electron chi connectivity index (χ0n) is 11.2. The largest absolute Gasteiger partial charge is 0.371 e. The summed E-state index contributed by atoms with van der Waals surface area (Å²) in [6.45, 7) is 1.36. The molecule has 1 aliphatic rings. The number of nitrogens with zero attached hydrogens (tertiary/aromatic N) is 2. The van der Waals surface area contributed by atoms with E-state index in [2.05, 4.69) is 9.88 Å². The quantitative estimate of drug-likeness (QED) is 0.853. The molecule has 5 heteroatoms. The van der Waals surface area contributed by atoms with Crippen LogP contribution in [0.15, 0.2) is 47.3 Å². The summed E-state index contributed by atoms with van der Waals surface area (Å²) >= 11 is 0. The lowest BCUT2D eigenvalue weighted by Gasteiger charge is -2.35. The van der Waals surface area contributed by atoms with Gasteiger partial charge < -0.3 is 14.8 Å². The Morgan fingerprint density at radius 2 is 1.80 bits per heavy atom. The molecule has 3 rings (SSSR count). The van der Waals surface area contributed by atoms with Crippen LogP contribution in [0.5, 0.6) is 0 Å². The summed E-state index contributed by atoms with van der Waals surface area (Å²) in [6.07, 6.45) is 0. The summed E-state index contributed by atoms with van der Waals surface area (Å²) < 4.78 is 0. The lowest BCUT2D eigenvalue weighted by molar-refractivity contribution is 0.0981. The molecular weight excluding hydrogens is 254 g/mol. The zero-order valence-corrected chi connectivity index (χ0v) is 11.2. The summed E-state index contributed by atoms with van der Waals surface area (Å²) in [6, 6.07) is 12.4. The molecule has 20 heavy (non-hydrogen) atoms. The number of amides is 1. The molecular formula is C15H15N3O2. The molecule has 0 unspecified atom stereocenters. The van der Waals surface area contributed by atoms with Gasteiger partial charge in [-0.1, -0.05) is 18.2 Å². The van der Waals surface area contributed by atoms with E-state index < -0.39 is 0 Å². The summed E-state index contributed by atoms with van der Waals surface area (Å²) in [7, 11) is 2.00. The van der Waals surface area contributed by atoms with Gasteiger partial charge in [0.1, 0.15) is 5.69 Å². The average Bonchev–Trinajstić information content (AvgIpc) is 2.47.